The van der Waals surface area contributed by atoms with Gasteiger partial charge in [-0.25, -0.2) is 0 Å². The van der Waals surface area contributed by atoms with Gasteiger partial charge in [0, 0.05) is 39.5 Å². The van der Waals surface area contributed by atoms with E-state index in [-0.39, 0.29) is 12.1 Å². The summed E-state index contributed by atoms with van der Waals surface area (Å²) in [5.74, 6) is 0.840. The molecular weight excluding hydrogens is 488 g/mol. The third-order valence-corrected chi connectivity index (χ3v) is 7.44. The summed E-state index contributed by atoms with van der Waals surface area (Å²) in [6, 6.07) is 21.9. The predicted molar refractivity (Wildman–Crippen MR) is 151 cm³/mol. The summed E-state index contributed by atoms with van der Waals surface area (Å²) in [6.07, 6.45) is 1.83. The van der Waals surface area contributed by atoms with Gasteiger partial charge in [0.1, 0.15) is 5.75 Å². The highest BCUT2D eigenvalue weighted by Crippen LogP contribution is 2.45. The number of ether oxygens (including phenoxy) is 1. The molecule has 0 amide bonds. The smallest absolute Gasteiger partial charge is 0.174 e. The second-order valence-corrected chi connectivity index (χ2v) is 9.77. The number of rotatable bonds is 6. The van der Waals surface area contributed by atoms with Crippen molar-refractivity contribution in [2.45, 2.75) is 39.8 Å². The highest BCUT2D eigenvalue weighted by atomic mass is 35.5. The van der Waals surface area contributed by atoms with Crippen molar-refractivity contribution >= 4 is 34.6 Å². The van der Waals surface area contributed by atoms with Crippen LogP contribution < -0.4 is 15.0 Å². The average Bonchev–Trinajstić information content (AvgIpc) is 3.32. The third kappa shape index (κ3) is 4.25. The zero-order valence-corrected chi connectivity index (χ0v) is 22.4. The van der Waals surface area contributed by atoms with Crippen LogP contribution in [-0.4, -0.2) is 21.3 Å². The van der Waals surface area contributed by atoms with Gasteiger partial charge < -0.3 is 19.5 Å². The van der Waals surface area contributed by atoms with E-state index in [1.165, 1.54) is 16.8 Å². The lowest BCUT2D eigenvalue weighted by atomic mass is 9.93. The molecule has 2 atom stereocenters. The molecule has 2 aromatic heterocycles. The van der Waals surface area contributed by atoms with Crippen LogP contribution in [0.15, 0.2) is 72.9 Å². The van der Waals surface area contributed by atoms with Crippen molar-refractivity contribution in [3.8, 4) is 11.4 Å². The number of halogens is 1. The van der Waals surface area contributed by atoms with Crippen LogP contribution in [-0.2, 0) is 0 Å². The van der Waals surface area contributed by atoms with Crippen molar-refractivity contribution in [2.24, 2.45) is 0 Å². The zero-order valence-electron chi connectivity index (χ0n) is 20.8. The van der Waals surface area contributed by atoms with E-state index in [2.05, 4.69) is 59.8 Å². The van der Waals surface area contributed by atoms with Crippen molar-refractivity contribution in [1.29, 1.82) is 0 Å². The first-order valence-electron chi connectivity index (χ1n) is 12.1. The van der Waals surface area contributed by atoms with Crippen molar-refractivity contribution in [3.63, 3.8) is 0 Å². The van der Waals surface area contributed by atoms with Crippen LogP contribution in [0.5, 0.6) is 5.75 Å². The first-order valence-corrected chi connectivity index (χ1v) is 12.9. The van der Waals surface area contributed by atoms with Gasteiger partial charge in [-0.3, -0.25) is 4.98 Å². The van der Waals surface area contributed by atoms with Crippen LogP contribution in [0.25, 0.3) is 5.69 Å². The van der Waals surface area contributed by atoms with Gasteiger partial charge in [-0.05, 0) is 100 Å². The number of thiocarbonyl (C=S) groups is 1. The molecule has 4 aromatic rings. The minimum absolute atomic E-state index is 0.0931. The van der Waals surface area contributed by atoms with Crippen LogP contribution in [0.2, 0.25) is 5.02 Å². The summed E-state index contributed by atoms with van der Waals surface area (Å²) < 4.78 is 7.96. The maximum Gasteiger partial charge on any atom is 0.174 e. The molecule has 5 rings (SSSR count). The molecule has 0 radical (unpaired) electrons. The van der Waals surface area contributed by atoms with Gasteiger partial charge in [0.05, 0.1) is 24.4 Å². The fourth-order valence-electron chi connectivity index (χ4n) is 5.24. The lowest BCUT2D eigenvalue weighted by Crippen LogP contribution is -2.29. The molecule has 184 valence electrons. The summed E-state index contributed by atoms with van der Waals surface area (Å²) in [4.78, 5) is 6.91. The van der Waals surface area contributed by atoms with E-state index in [1.54, 1.807) is 0 Å². The van der Waals surface area contributed by atoms with E-state index in [9.17, 15) is 0 Å². The molecule has 1 aliphatic rings. The first-order chi connectivity index (χ1) is 17.4. The molecule has 0 unspecified atom stereocenters. The molecular formula is C29H29ClN4OS. The molecule has 2 aromatic carbocycles. The number of nitrogens with zero attached hydrogens (tertiary/aromatic N) is 3. The summed E-state index contributed by atoms with van der Waals surface area (Å²) in [6.45, 7) is 9.13. The Morgan fingerprint density at radius 2 is 1.75 bits per heavy atom. The fourth-order valence-corrected chi connectivity index (χ4v) is 5.77. The van der Waals surface area contributed by atoms with E-state index >= 15 is 0 Å². The maximum absolute atomic E-state index is 6.37. The third-order valence-electron chi connectivity index (χ3n) is 6.89. The van der Waals surface area contributed by atoms with Crippen LogP contribution in [0.1, 0.15) is 47.2 Å². The van der Waals surface area contributed by atoms with E-state index in [4.69, 9.17) is 33.5 Å². The Bertz CT molecular complexity index is 1400. The number of anilines is 1. The SMILES string of the molecule is CCOc1ccc(N2C(=S)N[C@@H](c3ccccn3)[C@@H]2c2c(C)c(C)n(-c3cccc(Cl)c3)c2C)cc1. The van der Waals surface area contributed by atoms with E-state index in [0.29, 0.717) is 16.7 Å². The van der Waals surface area contributed by atoms with Crippen molar-refractivity contribution < 1.29 is 4.74 Å². The molecule has 0 aliphatic carbocycles. The summed E-state index contributed by atoms with van der Waals surface area (Å²) in [5.41, 5.74) is 7.78. The lowest BCUT2D eigenvalue weighted by molar-refractivity contribution is 0.340. The van der Waals surface area contributed by atoms with Crippen LogP contribution >= 0.6 is 23.8 Å². The van der Waals surface area contributed by atoms with E-state index < -0.39 is 0 Å². The van der Waals surface area contributed by atoms with Crippen molar-refractivity contribution in [3.05, 3.63) is 106 Å². The Balaban J connectivity index is 1.69. The summed E-state index contributed by atoms with van der Waals surface area (Å²) in [5, 5.41) is 4.96. The molecule has 1 fully saturated rings. The van der Waals surface area contributed by atoms with E-state index in [1.807, 2.05) is 55.6 Å². The Hall–Kier alpha value is -3.35. The molecule has 0 saturated carbocycles. The quantitative estimate of drug-likeness (QED) is 0.279. The largest absolute Gasteiger partial charge is 0.494 e. The first kappa shape index (κ1) is 24.3. The molecule has 7 heteroatoms. The maximum atomic E-state index is 6.37. The summed E-state index contributed by atoms with van der Waals surface area (Å²) >= 11 is 12.3. The average molecular weight is 517 g/mol. The standard InChI is InChI=1S/C29H29ClN4OS/c1-5-35-24-14-12-22(13-15-24)34-28(27(32-29(34)36)25-11-6-7-16-31-25)26-18(2)19(3)33(20(26)4)23-10-8-9-21(30)17-23/h6-17,27-28H,5H2,1-4H3,(H,32,36)/t27-,28-/m0/s1. The second-order valence-electron chi connectivity index (χ2n) is 8.95. The van der Waals surface area contributed by atoms with Crippen LogP contribution in [0, 0.1) is 20.8 Å². The van der Waals surface area contributed by atoms with Crippen molar-refractivity contribution in [1.82, 2.24) is 14.9 Å². The van der Waals surface area contributed by atoms with E-state index in [0.717, 1.165) is 28.5 Å². The number of nitrogens with one attached hydrogen (secondary N) is 1. The Kier molecular flexibility index (Phi) is 6.73. The lowest BCUT2D eigenvalue weighted by Gasteiger charge is -2.29. The number of aromatic nitrogens is 2. The molecule has 0 spiro atoms. The van der Waals surface area contributed by atoms with Gasteiger partial charge in [-0.1, -0.05) is 23.7 Å². The molecule has 0 bridgehead atoms. The van der Waals surface area contributed by atoms with Gasteiger partial charge in [-0.15, -0.1) is 0 Å². The monoisotopic (exact) mass is 516 g/mol. The molecule has 1 N–H and O–H groups in total. The molecule has 1 aliphatic heterocycles. The minimum Gasteiger partial charge on any atom is -0.494 e. The van der Waals surface area contributed by atoms with Crippen LogP contribution in [0.4, 0.5) is 5.69 Å². The van der Waals surface area contributed by atoms with Gasteiger partial charge in [-0.2, -0.15) is 0 Å². The normalized spacial score (nSPS) is 17.4. The molecule has 3 heterocycles. The number of hydrogen-bond donors (Lipinski definition) is 1. The highest BCUT2D eigenvalue weighted by molar-refractivity contribution is 7.80. The zero-order chi connectivity index (χ0) is 25.4. The van der Waals surface area contributed by atoms with Crippen LogP contribution in [0.3, 0.4) is 0 Å². The fraction of sp³-hybridized carbons (Fsp3) is 0.241. The topological polar surface area (TPSA) is 42.3 Å². The van der Waals surface area contributed by atoms with Gasteiger partial charge in [0.2, 0.25) is 0 Å². The predicted octanol–water partition coefficient (Wildman–Crippen LogP) is 7.03. The number of pyridine rings is 1. The Labute approximate surface area is 222 Å². The van der Waals surface area contributed by atoms with Crippen molar-refractivity contribution in [2.75, 3.05) is 11.5 Å². The van der Waals surface area contributed by atoms with Gasteiger partial charge in [0.15, 0.2) is 5.11 Å². The van der Waals surface area contributed by atoms with Gasteiger partial charge >= 0.3 is 0 Å². The Morgan fingerprint density at radius 3 is 2.42 bits per heavy atom. The minimum atomic E-state index is -0.114. The van der Waals surface area contributed by atoms with Gasteiger partial charge in [0.25, 0.3) is 0 Å². The Morgan fingerprint density at radius 1 is 0.972 bits per heavy atom. The molecule has 36 heavy (non-hydrogen) atoms. The molecule has 5 nitrogen and oxygen atoms in total. The molecule has 1 saturated heterocycles. The number of hydrogen-bond acceptors (Lipinski definition) is 3. The number of benzene rings is 2. The second kappa shape index (κ2) is 9.96. The summed E-state index contributed by atoms with van der Waals surface area (Å²) in [7, 11) is 0. The highest BCUT2D eigenvalue weighted by Gasteiger charge is 2.43.